The summed E-state index contributed by atoms with van der Waals surface area (Å²) in [6.45, 7) is 2.63. The number of carbonyl (C=O) groups excluding carboxylic acids is 1. The zero-order chi connectivity index (χ0) is 20.1. The Hall–Kier alpha value is -3.06. The summed E-state index contributed by atoms with van der Waals surface area (Å²) in [5.41, 5.74) is 1.45. The van der Waals surface area contributed by atoms with Gasteiger partial charge in [-0.3, -0.25) is 9.69 Å². The van der Waals surface area contributed by atoms with Crippen molar-refractivity contribution in [2.75, 3.05) is 13.7 Å². The largest absolute Gasteiger partial charge is 0.497 e. The molecular formula is C22H25N3O4. The maximum Gasteiger partial charge on any atom is 0.273 e. The Balaban J connectivity index is 1.37. The number of methoxy groups -OCH3 is 1. The third kappa shape index (κ3) is 5.48. The Morgan fingerprint density at radius 2 is 2.14 bits per heavy atom. The van der Waals surface area contributed by atoms with Crippen LogP contribution in [-0.2, 0) is 19.6 Å². The topological polar surface area (TPSA) is 80.7 Å². The summed E-state index contributed by atoms with van der Waals surface area (Å²) in [6.07, 6.45) is 5.52. The van der Waals surface area contributed by atoms with Crippen molar-refractivity contribution in [2.24, 2.45) is 5.92 Å². The van der Waals surface area contributed by atoms with E-state index in [4.69, 9.17) is 13.6 Å². The highest BCUT2D eigenvalue weighted by Crippen LogP contribution is 2.31. The fraction of sp³-hybridized carbons (Fsp3) is 0.364. The first kappa shape index (κ1) is 19.3. The van der Waals surface area contributed by atoms with E-state index in [1.807, 2.05) is 24.3 Å². The predicted octanol–water partition coefficient (Wildman–Crippen LogP) is 3.62. The van der Waals surface area contributed by atoms with E-state index < -0.39 is 0 Å². The predicted molar refractivity (Wildman–Crippen MR) is 106 cm³/mol. The fourth-order valence-electron chi connectivity index (χ4n) is 3.23. The number of hydrogen-bond donors (Lipinski definition) is 1. The summed E-state index contributed by atoms with van der Waals surface area (Å²) in [5.74, 6) is 2.53. The molecule has 4 rings (SSSR count). The number of carbonyl (C=O) groups is 1. The van der Waals surface area contributed by atoms with Gasteiger partial charge in [0.05, 0.1) is 26.5 Å². The molecule has 1 aromatic carbocycles. The van der Waals surface area contributed by atoms with E-state index in [0.29, 0.717) is 24.7 Å². The molecule has 152 valence electrons. The lowest BCUT2D eigenvalue weighted by Crippen LogP contribution is -2.26. The summed E-state index contributed by atoms with van der Waals surface area (Å²) in [5, 5.41) is 2.78. The van der Waals surface area contributed by atoms with Crippen LogP contribution in [0.1, 0.15) is 40.5 Å². The average molecular weight is 395 g/mol. The van der Waals surface area contributed by atoms with E-state index in [0.717, 1.165) is 24.8 Å². The number of oxazole rings is 1. The van der Waals surface area contributed by atoms with E-state index in [9.17, 15) is 4.79 Å². The van der Waals surface area contributed by atoms with Crippen LogP contribution in [0.4, 0.5) is 0 Å². The van der Waals surface area contributed by atoms with Crippen molar-refractivity contribution in [3.63, 3.8) is 0 Å². The normalized spacial score (nSPS) is 13.6. The van der Waals surface area contributed by atoms with Gasteiger partial charge >= 0.3 is 0 Å². The highest BCUT2D eigenvalue weighted by molar-refractivity contribution is 5.91. The lowest BCUT2D eigenvalue weighted by Gasteiger charge is -2.21. The Bertz CT molecular complexity index is 931. The fourth-order valence-corrected chi connectivity index (χ4v) is 3.23. The quantitative estimate of drug-likeness (QED) is 0.565. The minimum absolute atomic E-state index is 0.277. The van der Waals surface area contributed by atoms with Crippen molar-refractivity contribution in [2.45, 2.75) is 32.5 Å². The number of rotatable bonds is 10. The molecule has 0 atom stereocenters. The summed E-state index contributed by atoms with van der Waals surface area (Å²) in [4.78, 5) is 19.0. The zero-order valence-corrected chi connectivity index (χ0v) is 16.5. The highest BCUT2D eigenvalue weighted by Gasteiger charge is 2.25. The molecule has 0 saturated heterocycles. The monoisotopic (exact) mass is 395 g/mol. The van der Waals surface area contributed by atoms with Gasteiger partial charge in [-0.05, 0) is 48.6 Å². The molecule has 29 heavy (non-hydrogen) atoms. The second-order valence-corrected chi connectivity index (χ2v) is 7.35. The number of benzene rings is 1. The van der Waals surface area contributed by atoms with Gasteiger partial charge in [0.2, 0.25) is 5.89 Å². The highest BCUT2D eigenvalue weighted by atomic mass is 16.5. The summed E-state index contributed by atoms with van der Waals surface area (Å²) in [7, 11) is 1.67. The van der Waals surface area contributed by atoms with Gasteiger partial charge in [-0.25, -0.2) is 4.98 Å². The molecule has 0 aliphatic heterocycles. The molecule has 0 unspecified atom stereocenters. The number of hydrogen-bond acceptors (Lipinski definition) is 6. The average Bonchev–Trinajstić information content (AvgIpc) is 3.19. The minimum atomic E-state index is -0.280. The van der Waals surface area contributed by atoms with Crippen molar-refractivity contribution in [1.82, 2.24) is 15.2 Å². The molecule has 1 saturated carbocycles. The van der Waals surface area contributed by atoms with Crippen LogP contribution in [0.2, 0.25) is 0 Å². The number of aromatic nitrogens is 1. The molecule has 7 heteroatoms. The molecular weight excluding hydrogens is 370 g/mol. The van der Waals surface area contributed by atoms with E-state index in [-0.39, 0.29) is 11.6 Å². The second kappa shape index (κ2) is 8.96. The molecule has 1 N–H and O–H groups in total. The zero-order valence-electron chi connectivity index (χ0n) is 16.5. The number of nitrogens with one attached hydrogen (secondary N) is 1. The van der Waals surface area contributed by atoms with Gasteiger partial charge in [0.15, 0.2) is 5.69 Å². The Morgan fingerprint density at radius 3 is 2.90 bits per heavy atom. The molecule has 0 radical (unpaired) electrons. The lowest BCUT2D eigenvalue weighted by molar-refractivity contribution is 0.0943. The third-order valence-electron chi connectivity index (χ3n) is 4.90. The first-order valence-corrected chi connectivity index (χ1v) is 9.80. The van der Waals surface area contributed by atoms with Crippen LogP contribution >= 0.6 is 0 Å². The number of nitrogens with zero attached hydrogens (tertiary/aromatic N) is 2. The van der Waals surface area contributed by atoms with E-state index in [1.165, 1.54) is 24.7 Å². The molecule has 1 aliphatic rings. The van der Waals surface area contributed by atoms with Gasteiger partial charge in [-0.15, -0.1) is 0 Å². The smallest absolute Gasteiger partial charge is 0.273 e. The van der Waals surface area contributed by atoms with Crippen molar-refractivity contribution in [1.29, 1.82) is 0 Å². The lowest BCUT2D eigenvalue weighted by atomic mass is 10.2. The van der Waals surface area contributed by atoms with Crippen LogP contribution in [0.15, 0.2) is 57.8 Å². The van der Waals surface area contributed by atoms with Crippen LogP contribution in [0.25, 0.3) is 0 Å². The van der Waals surface area contributed by atoms with Crippen molar-refractivity contribution in [3.05, 3.63) is 71.8 Å². The van der Waals surface area contributed by atoms with Crippen molar-refractivity contribution in [3.8, 4) is 5.75 Å². The molecule has 0 bridgehead atoms. The van der Waals surface area contributed by atoms with Gasteiger partial charge in [-0.1, -0.05) is 12.1 Å². The second-order valence-electron chi connectivity index (χ2n) is 7.35. The molecule has 2 aromatic heterocycles. The van der Waals surface area contributed by atoms with Gasteiger partial charge in [0.25, 0.3) is 5.91 Å². The van der Waals surface area contributed by atoms with Crippen LogP contribution in [0.3, 0.4) is 0 Å². The molecule has 1 fully saturated rings. The molecule has 3 aromatic rings. The number of ether oxygens (including phenoxy) is 1. The van der Waals surface area contributed by atoms with Crippen LogP contribution in [0, 0.1) is 5.92 Å². The van der Waals surface area contributed by atoms with Gasteiger partial charge < -0.3 is 18.9 Å². The molecule has 2 heterocycles. The summed E-state index contributed by atoms with van der Waals surface area (Å²) >= 11 is 0. The van der Waals surface area contributed by atoms with Gasteiger partial charge in [0.1, 0.15) is 17.8 Å². The van der Waals surface area contributed by atoms with Crippen molar-refractivity contribution >= 4 is 5.91 Å². The first-order valence-electron chi connectivity index (χ1n) is 9.80. The van der Waals surface area contributed by atoms with Crippen molar-refractivity contribution < 1.29 is 18.4 Å². The number of amides is 1. The van der Waals surface area contributed by atoms with E-state index in [2.05, 4.69) is 21.3 Å². The van der Waals surface area contributed by atoms with Crippen LogP contribution in [-0.4, -0.2) is 29.4 Å². The Morgan fingerprint density at radius 1 is 1.24 bits per heavy atom. The minimum Gasteiger partial charge on any atom is -0.497 e. The molecule has 7 nitrogen and oxygen atoms in total. The number of furan rings is 1. The maximum atomic E-state index is 12.3. The maximum absolute atomic E-state index is 12.3. The summed E-state index contributed by atoms with van der Waals surface area (Å²) < 4.78 is 16.1. The Kier molecular flexibility index (Phi) is 5.95. The molecule has 0 spiro atoms. The molecule has 1 amide bonds. The first-order chi connectivity index (χ1) is 14.2. The third-order valence-corrected chi connectivity index (χ3v) is 4.90. The van der Waals surface area contributed by atoms with E-state index in [1.54, 1.807) is 19.4 Å². The van der Waals surface area contributed by atoms with Gasteiger partial charge in [-0.2, -0.15) is 0 Å². The van der Waals surface area contributed by atoms with Crippen LogP contribution < -0.4 is 10.1 Å². The van der Waals surface area contributed by atoms with E-state index >= 15 is 0 Å². The summed E-state index contributed by atoms with van der Waals surface area (Å²) in [6, 6.07) is 11.7. The molecule has 1 aliphatic carbocycles. The Labute approximate surface area is 169 Å². The van der Waals surface area contributed by atoms with Crippen LogP contribution in [0.5, 0.6) is 5.75 Å². The standard InChI is InChI=1S/C22H25N3O4/c1-27-18-5-2-4-17(10-18)13-25(12-16-7-8-16)14-21-24-20(15-29-21)22(26)23-11-19-6-3-9-28-19/h2-6,9-10,15-16H,7-8,11-14H2,1H3,(H,23,26). The SMILES string of the molecule is COc1cccc(CN(Cc2nc(C(=O)NCc3ccco3)co2)CC2CC2)c1. The van der Waals surface area contributed by atoms with Gasteiger partial charge in [0, 0.05) is 13.1 Å².